The molecule has 0 bridgehead atoms. The number of amides is 1. The Morgan fingerprint density at radius 2 is 1.80 bits per heavy atom. The van der Waals surface area contributed by atoms with Gasteiger partial charge in [0.2, 0.25) is 0 Å². The van der Waals surface area contributed by atoms with Gasteiger partial charge in [-0.05, 0) is 40.8 Å². The molecule has 0 aliphatic heterocycles. The van der Waals surface area contributed by atoms with Crippen LogP contribution < -0.4 is 5.32 Å². The van der Waals surface area contributed by atoms with E-state index in [4.69, 9.17) is 0 Å². The van der Waals surface area contributed by atoms with Crippen molar-refractivity contribution in [1.29, 1.82) is 0 Å². The van der Waals surface area contributed by atoms with E-state index in [0.29, 0.717) is 23.3 Å². The molecule has 1 amide bonds. The molecule has 6 nitrogen and oxygen atoms in total. The van der Waals surface area contributed by atoms with Gasteiger partial charge < -0.3 is 10.4 Å². The van der Waals surface area contributed by atoms with Crippen molar-refractivity contribution in [2.24, 2.45) is 0 Å². The summed E-state index contributed by atoms with van der Waals surface area (Å²) in [5, 5.41) is 21.6. The highest BCUT2D eigenvalue weighted by atomic mass is 16.3. The maximum atomic E-state index is 13.0. The van der Waals surface area contributed by atoms with Crippen LogP contribution in [0.25, 0.3) is 5.65 Å². The Bertz CT molecular complexity index is 1210. The van der Waals surface area contributed by atoms with Crippen LogP contribution in [0.5, 0.6) is 5.75 Å². The number of rotatable bonds is 4. The molecule has 0 fully saturated rings. The number of hydrogen-bond acceptors (Lipinski definition) is 4. The van der Waals surface area contributed by atoms with Crippen LogP contribution in [0.15, 0.2) is 66.9 Å². The largest absolute Gasteiger partial charge is 0.506 e. The van der Waals surface area contributed by atoms with Gasteiger partial charge >= 0.3 is 0 Å². The van der Waals surface area contributed by atoms with E-state index in [0.717, 1.165) is 17.0 Å². The number of aromatic hydroxyl groups is 1. The smallest absolute Gasteiger partial charge is 0.259 e. The highest BCUT2D eigenvalue weighted by molar-refractivity contribution is 6.08. The molecule has 2 N–H and O–H groups in total. The lowest BCUT2D eigenvalue weighted by molar-refractivity contribution is 0.102. The summed E-state index contributed by atoms with van der Waals surface area (Å²) in [6.45, 7) is 6.24. The average Bonchev–Trinajstić information content (AvgIpc) is 3.12. The molecule has 0 spiro atoms. The van der Waals surface area contributed by atoms with Crippen LogP contribution in [-0.4, -0.2) is 25.6 Å². The zero-order valence-corrected chi connectivity index (χ0v) is 17.3. The Morgan fingerprint density at radius 1 is 1.03 bits per heavy atom. The standard InChI is InChI=1S/C24H24N4O2/c1-24(2,3)17-11-12-20(29)19(15-17)25-23(30)18-10-7-13-28-21(26-27-22(18)28)14-16-8-5-4-6-9-16/h4-13,15,29H,14H2,1-3H3,(H,25,30). The molecule has 6 heteroatoms. The Labute approximate surface area is 175 Å². The molecule has 30 heavy (non-hydrogen) atoms. The van der Waals surface area contributed by atoms with Crippen molar-refractivity contribution < 1.29 is 9.90 Å². The Kier molecular flexibility index (Phi) is 4.99. The summed E-state index contributed by atoms with van der Waals surface area (Å²) in [6.07, 6.45) is 2.46. The van der Waals surface area contributed by atoms with Crippen LogP contribution >= 0.6 is 0 Å². The van der Waals surface area contributed by atoms with E-state index in [1.54, 1.807) is 24.3 Å². The lowest BCUT2D eigenvalue weighted by atomic mass is 9.87. The molecule has 0 radical (unpaired) electrons. The van der Waals surface area contributed by atoms with E-state index in [1.807, 2.05) is 47.0 Å². The van der Waals surface area contributed by atoms with Gasteiger partial charge in [-0.15, -0.1) is 10.2 Å². The molecule has 2 heterocycles. The van der Waals surface area contributed by atoms with Crippen molar-refractivity contribution in [1.82, 2.24) is 14.6 Å². The van der Waals surface area contributed by atoms with Gasteiger partial charge in [0.05, 0.1) is 11.3 Å². The number of phenolic OH excluding ortho intramolecular Hbond substituents is 1. The number of aromatic nitrogens is 3. The minimum atomic E-state index is -0.347. The van der Waals surface area contributed by atoms with Gasteiger partial charge in [0, 0.05) is 12.6 Å². The number of pyridine rings is 1. The van der Waals surface area contributed by atoms with Crippen LogP contribution in [-0.2, 0) is 11.8 Å². The van der Waals surface area contributed by atoms with Crippen molar-refractivity contribution in [3.05, 3.63) is 89.4 Å². The van der Waals surface area contributed by atoms with Crippen LogP contribution in [0, 0.1) is 0 Å². The maximum absolute atomic E-state index is 13.0. The highest BCUT2D eigenvalue weighted by Crippen LogP contribution is 2.31. The zero-order valence-electron chi connectivity index (χ0n) is 17.3. The summed E-state index contributed by atoms with van der Waals surface area (Å²) in [5.41, 5.74) is 3.27. The fraction of sp³-hybridized carbons (Fsp3) is 0.208. The summed E-state index contributed by atoms with van der Waals surface area (Å²) in [4.78, 5) is 13.0. The first-order chi connectivity index (χ1) is 14.3. The minimum Gasteiger partial charge on any atom is -0.506 e. The molecule has 0 saturated heterocycles. The third-order valence-electron chi connectivity index (χ3n) is 5.07. The van der Waals surface area contributed by atoms with Gasteiger partial charge in [-0.1, -0.05) is 57.2 Å². The van der Waals surface area contributed by atoms with E-state index in [2.05, 4.69) is 36.3 Å². The van der Waals surface area contributed by atoms with Crippen LogP contribution in [0.1, 0.15) is 48.1 Å². The molecule has 0 saturated carbocycles. The zero-order chi connectivity index (χ0) is 21.3. The van der Waals surface area contributed by atoms with Gasteiger partial charge in [0.25, 0.3) is 5.91 Å². The molecule has 152 valence electrons. The maximum Gasteiger partial charge on any atom is 0.259 e. The first kappa shape index (κ1) is 19.6. The molecule has 0 atom stereocenters. The predicted octanol–water partition coefficient (Wildman–Crippen LogP) is 4.58. The summed E-state index contributed by atoms with van der Waals surface area (Å²) in [6, 6.07) is 18.8. The summed E-state index contributed by atoms with van der Waals surface area (Å²) < 4.78 is 1.83. The second-order valence-electron chi connectivity index (χ2n) is 8.33. The highest BCUT2D eigenvalue weighted by Gasteiger charge is 2.19. The number of nitrogens with one attached hydrogen (secondary N) is 1. The lowest BCUT2D eigenvalue weighted by Crippen LogP contribution is -2.16. The number of benzene rings is 2. The van der Waals surface area contributed by atoms with Gasteiger partial charge in [0.15, 0.2) is 5.65 Å². The fourth-order valence-corrected chi connectivity index (χ4v) is 3.33. The number of carbonyl (C=O) groups is 1. The van der Waals surface area contributed by atoms with Crippen molar-refractivity contribution in [3.63, 3.8) is 0 Å². The second kappa shape index (κ2) is 7.63. The molecule has 2 aromatic heterocycles. The normalized spacial score (nSPS) is 11.6. The number of anilines is 1. The number of carbonyl (C=O) groups excluding carboxylic acids is 1. The molecule has 4 aromatic rings. The first-order valence-electron chi connectivity index (χ1n) is 9.84. The molecular weight excluding hydrogens is 376 g/mol. The van der Waals surface area contributed by atoms with Crippen LogP contribution in [0.3, 0.4) is 0 Å². The van der Waals surface area contributed by atoms with E-state index < -0.39 is 0 Å². The Morgan fingerprint density at radius 3 is 2.53 bits per heavy atom. The second-order valence-corrected chi connectivity index (χ2v) is 8.33. The van der Waals surface area contributed by atoms with E-state index in [-0.39, 0.29) is 17.1 Å². The van der Waals surface area contributed by atoms with E-state index in [9.17, 15) is 9.90 Å². The number of fused-ring (bicyclic) bond motifs is 1. The molecule has 0 aliphatic carbocycles. The van der Waals surface area contributed by atoms with Gasteiger partial charge in [0.1, 0.15) is 11.6 Å². The molecule has 0 aliphatic rings. The van der Waals surface area contributed by atoms with E-state index in [1.165, 1.54) is 0 Å². The topological polar surface area (TPSA) is 79.5 Å². The SMILES string of the molecule is CC(C)(C)c1ccc(O)c(NC(=O)c2cccn3c(Cc4ccccc4)nnc23)c1. The monoisotopic (exact) mass is 400 g/mol. The Hall–Kier alpha value is -3.67. The van der Waals surface area contributed by atoms with Crippen LogP contribution in [0.4, 0.5) is 5.69 Å². The van der Waals surface area contributed by atoms with Crippen molar-refractivity contribution in [3.8, 4) is 5.75 Å². The first-order valence-corrected chi connectivity index (χ1v) is 9.84. The molecule has 2 aromatic carbocycles. The summed E-state index contributed by atoms with van der Waals surface area (Å²) in [5.74, 6) is 0.429. The predicted molar refractivity (Wildman–Crippen MR) is 117 cm³/mol. The van der Waals surface area contributed by atoms with Crippen molar-refractivity contribution in [2.45, 2.75) is 32.6 Å². The molecule has 0 unspecified atom stereocenters. The number of nitrogens with zero attached hydrogens (tertiary/aromatic N) is 3. The third kappa shape index (κ3) is 3.89. The molecular formula is C24H24N4O2. The van der Waals surface area contributed by atoms with E-state index >= 15 is 0 Å². The lowest BCUT2D eigenvalue weighted by Gasteiger charge is -2.20. The van der Waals surface area contributed by atoms with Gasteiger partial charge in [-0.2, -0.15) is 0 Å². The van der Waals surface area contributed by atoms with Crippen LogP contribution in [0.2, 0.25) is 0 Å². The molecule has 4 rings (SSSR count). The number of hydrogen-bond donors (Lipinski definition) is 2. The number of phenols is 1. The summed E-state index contributed by atoms with van der Waals surface area (Å²) >= 11 is 0. The average molecular weight is 400 g/mol. The van der Waals surface area contributed by atoms with Crippen molar-refractivity contribution in [2.75, 3.05) is 5.32 Å². The minimum absolute atomic E-state index is 0.0227. The van der Waals surface area contributed by atoms with Gasteiger partial charge in [-0.25, -0.2) is 0 Å². The quantitative estimate of drug-likeness (QED) is 0.492. The van der Waals surface area contributed by atoms with Gasteiger partial charge in [-0.3, -0.25) is 9.20 Å². The Balaban J connectivity index is 1.65. The third-order valence-corrected chi connectivity index (χ3v) is 5.07. The summed E-state index contributed by atoms with van der Waals surface area (Å²) in [7, 11) is 0. The van der Waals surface area contributed by atoms with Crippen molar-refractivity contribution >= 4 is 17.2 Å². The fourth-order valence-electron chi connectivity index (χ4n) is 3.33.